The zero-order chi connectivity index (χ0) is 25.8. The minimum absolute atomic E-state index is 0.0544. The number of hydrogen-bond acceptors (Lipinski definition) is 5. The number of anilines is 1. The van der Waals surface area contributed by atoms with Crippen molar-refractivity contribution >= 4 is 27.5 Å². The van der Waals surface area contributed by atoms with Gasteiger partial charge in [-0.2, -0.15) is 4.31 Å². The van der Waals surface area contributed by atoms with Crippen molar-refractivity contribution in [3.05, 3.63) is 18.2 Å². The molecule has 7 rings (SSSR count). The number of sulfonamides is 1. The number of nitrogens with zero attached hydrogens (tertiary/aromatic N) is 2. The molecule has 1 atom stereocenters. The van der Waals surface area contributed by atoms with Crippen LogP contribution in [0.15, 0.2) is 23.1 Å². The second kappa shape index (κ2) is 9.56. The number of fused-ring (bicyclic) bond motifs is 1. The second-order valence-corrected chi connectivity index (χ2v) is 14.2. The van der Waals surface area contributed by atoms with Crippen LogP contribution in [-0.4, -0.2) is 56.8 Å². The van der Waals surface area contributed by atoms with Crippen LogP contribution in [0.3, 0.4) is 0 Å². The van der Waals surface area contributed by atoms with E-state index in [-0.39, 0.29) is 41.3 Å². The minimum Gasteiger partial charge on any atom is -0.482 e. The van der Waals surface area contributed by atoms with Gasteiger partial charge in [-0.25, -0.2) is 8.42 Å². The van der Waals surface area contributed by atoms with E-state index >= 15 is 0 Å². The van der Waals surface area contributed by atoms with Crippen LogP contribution < -0.4 is 15.0 Å². The van der Waals surface area contributed by atoms with Crippen LogP contribution in [0.5, 0.6) is 5.75 Å². The average Bonchev–Trinajstić information content (AvgIpc) is 3.15. The maximum absolute atomic E-state index is 13.4. The predicted octanol–water partition coefficient (Wildman–Crippen LogP) is 3.70. The number of carbonyl (C=O) groups excluding carboxylic acids is 2. The first-order valence-corrected chi connectivity index (χ1v) is 15.5. The molecule has 1 aromatic rings. The summed E-state index contributed by atoms with van der Waals surface area (Å²) in [6, 6.07) is 4.71. The molecule has 0 radical (unpaired) electrons. The number of hydrogen-bond donors (Lipinski definition) is 1. The molecule has 202 valence electrons. The summed E-state index contributed by atoms with van der Waals surface area (Å²) in [4.78, 5) is 27.7. The monoisotopic (exact) mass is 529 g/mol. The standard InChI is InChI=1S/C28H39N3O5S/c1-19(28-14-20-10-21(15-28)12-22(11-20)16-28)29-26(32)17-31-24-13-23(6-7-25(24)36-18-27(31)33)37(34,35)30-8-4-2-3-5-9-30/h6-7,13,19-22H,2-5,8-12,14-18H2,1H3,(H,29,32)/t19-,20?,21?,22?,28?/m0/s1. The number of amides is 2. The molecule has 2 aliphatic heterocycles. The van der Waals surface area contributed by atoms with Crippen LogP contribution in [0.25, 0.3) is 0 Å². The molecule has 0 spiro atoms. The van der Waals surface area contributed by atoms with Crippen molar-refractivity contribution in [3.63, 3.8) is 0 Å². The molecular weight excluding hydrogens is 490 g/mol. The zero-order valence-corrected chi connectivity index (χ0v) is 22.6. The molecule has 9 heteroatoms. The van der Waals surface area contributed by atoms with Gasteiger partial charge >= 0.3 is 0 Å². The molecule has 1 saturated heterocycles. The smallest absolute Gasteiger partial charge is 0.265 e. The highest BCUT2D eigenvalue weighted by atomic mass is 32.2. The lowest BCUT2D eigenvalue weighted by Crippen LogP contribution is -2.57. The Bertz CT molecular complexity index is 1140. The first kappa shape index (κ1) is 25.2. The van der Waals surface area contributed by atoms with Crippen LogP contribution in [0.4, 0.5) is 5.69 Å². The lowest BCUT2D eigenvalue weighted by Gasteiger charge is -2.59. The molecule has 0 aromatic heterocycles. The van der Waals surface area contributed by atoms with E-state index in [1.54, 1.807) is 12.1 Å². The van der Waals surface area contributed by atoms with Gasteiger partial charge in [0.05, 0.1) is 10.6 Å². The molecule has 5 fully saturated rings. The van der Waals surface area contributed by atoms with E-state index in [9.17, 15) is 18.0 Å². The SMILES string of the molecule is C[C@H](NC(=O)CN1C(=O)COc2ccc(S(=O)(=O)N3CCCCCC3)cc21)C12CC3CC(CC(C3)C1)C2. The Labute approximate surface area is 220 Å². The Morgan fingerprint density at radius 3 is 2.30 bits per heavy atom. The summed E-state index contributed by atoms with van der Waals surface area (Å²) >= 11 is 0. The Hall–Kier alpha value is -2.13. The summed E-state index contributed by atoms with van der Waals surface area (Å²) in [6.07, 6.45) is 11.4. The molecule has 2 heterocycles. The highest BCUT2D eigenvalue weighted by Crippen LogP contribution is 2.61. The predicted molar refractivity (Wildman–Crippen MR) is 140 cm³/mol. The normalized spacial score (nSPS) is 32.4. The molecule has 6 aliphatic rings. The van der Waals surface area contributed by atoms with Gasteiger partial charge in [-0.1, -0.05) is 12.8 Å². The Morgan fingerprint density at radius 2 is 1.68 bits per heavy atom. The summed E-state index contributed by atoms with van der Waals surface area (Å²) in [5.41, 5.74) is 0.524. The number of carbonyl (C=O) groups is 2. The first-order chi connectivity index (χ1) is 17.7. The van der Waals surface area contributed by atoms with Gasteiger partial charge in [-0.3, -0.25) is 14.5 Å². The maximum Gasteiger partial charge on any atom is 0.265 e. The molecule has 4 bridgehead atoms. The van der Waals surface area contributed by atoms with Crippen LogP contribution in [0, 0.1) is 23.2 Å². The van der Waals surface area contributed by atoms with Crippen molar-refractivity contribution in [1.29, 1.82) is 0 Å². The van der Waals surface area contributed by atoms with E-state index in [1.165, 1.54) is 53.8 Å². The Morgan fingerprint density at radius 1 is 1.05 bits per heavy atom. The molecule has 1 aromatic carbocycles. The molecule has 37 heavy (non-hydrogen) atoms. The maximum atomic E-state index is 13.4. The van der Waals surface area contributed by atoms with Crippen molar-refractivity contribution < 1.29 is 22.7 Å². The van der Waals surface area contributed by atoms with E-state index in [0.29, 0.717) is 24.5 Å². The van der Waals surface area contributed by atoms with Gasteiger partial charge in [0.2, 0.25) is 15.9 Å². The highest BCUT2D eigenvalue weighted by Gasteiger charge is 2.53. The fourth-order valence-corrected chi connectivity index (χ4v) is 9.78. The molecule has 2 amide bonds. The van der Waals surface area contributed by atoms with Crippen LogP contribution >= 0.6 is 0 Å². The molecule has 1 N–H and O–H groups in total. The Kier molecular flexibility index (Phi) is 6.50. The largest absolute Gasteiger partial charge is 0.482 e. The molecule has 4 saturated carbocycles. The molecule has 0 unspecified atom stereocenters. The van der Waals surface area contributed by atoms with E-state index < -0.39 is 10.0 Å². The second-order valence-electron chi connectivity index (χ2n) is 12.3. The lowest BCUT2D eigenvalue weighted by atomic mass is 9.48. The average molecular weight is 530 g/mol. The summed E-state index contributed by atoms with van der Waals surface area (Å²) in [5, 5.41) is 3.24. The van der Waals surface area contributed by atoms with Crippen molar-refractivity contribution in [3.8, 4) is 5.75 Å². The van der Waals surface area contributed by atoms with Crippen LogP contribution in [0.2, 0.25) is 0 Å². The number of rotatable bonds is 6. The quantitative estimate of drug-likeness (QED) is 0.606. The lowest BCUT2D eigenvalue weighted by molar-refractivity contribution is -0.127. The van der Waals surface area contributed by atoms with Crippen LogP contribution in [0.1, 0.15) is 71.1 Å². The summed E-state index contributed by atoms with van der Waals surface area (Å²) in [5.74, 6) is 2.27. The molecule has 4 aliphatic carbocycles. The van der Waals surface area contributed by atoms with E-state index in [0.717, 1.165) is 43.4 Å². The van der Waals surface area contributed by atoms with Crippen molar-refractivity contribution in [2.75, 3.05) is 31.1 Å². The fourth-order valence-electron chi connectivity index (χ4n) is 8.24. The van der Waals surface area contributed by atoms with Gasteiger partial charge < -0.3 is 10.1 Å². The van der Waals surface area contributed by atoms with E-state index in [2.05, 4.69) is 12.2 Å². The third-order valence-electron chi connectivity index (χ3n) is 9.76. The van der Waals surface area contributed by atoms with Crippen LogP contribution in [-0.2, 0) is 19.6 Å². The van der Waals surface area contributed by atoms with Crippen molar-refractivity contribution in [2.24, 2.45) is 23.2 Å². The van der Waals surface area contributed by atoms with Crippen molar-refractivity contribution in [1.82, 2.24) is 9.62 Å². The van der Waals surface area contributed by atoms with Gasteiger partial charge in [-0.05, 0) is 99.7 Å². The number of nitrogens with one attached hydrogen (secondary N) is 1. The minimum atomic E-state index is -3.69. The van der Waals surface area contributed by atoms with E-state index in [4.69, 9.17) is 4.74 Å². The number of benzene rings is 1. The highest BCUT2D eigenvalue weighted by molar-refractivity contribution is 7.89. The van der Waals surface area contributed by atoms with Gasteiger partial charge in [0, 0.05) is 19.1 Å². The molecule has 8 nitrogen and oxygen atoms in total. The number of ether oxygens (including phenoxy) is 1. The summed E-state index contributed by atoms with van der Waals surface area (Å²) < 4.78 is 33.9. The fraction of sp³-hybridized carbons (Fsp3) is 0.714. The third-order valence-corrected chi connectivity index (χ3v) is 11.7. The molecular formula is C28H39N3O5S. The zero-order valence-electron chi connectivity index (χ0n) is 21.8. The van der Waals surface area contributed by atoms with E-state index in [1.807, 2.05) is 0 Å². The topological polar surface area (TPSA) is 96.0 Å². The van der Waals surface area contributed by atoms with Gasteiger partial charge in [0.25, 0.3) is 5.91 Å². The Balaban J connectivity index is 1.19. The van der Waals surface area contributed by atoms with Gasteiger partial charge in [0.15, 0.2) is 6.61 Å². The summed E-state index contributed by atoms with van der Waals surface area (Å²) in [6.45, 7) is 2.83. The third kappa shape index (κ3) is 4.67. The van der Waals surface area contributed by atoms with Gasteiger partial charge in [0.1, 0.15) is 12.3 Å². The summed E-state index contributed by atoms with van der Waals surface area (Å²) in [7, 11) is -3.69. The van der Waals surface area contributed by atoms with Crippen molar-refractivity contribution in [2.45, 2.75) is 82.1 Å². The first-order valence-electron chi connectivity index (χ1n) is 14.1. The van der Waals surface area contributed by atoms with Gasteiger partial charge in [-0.15, -0.1) is 0 Å².